The number of benzene rings is 1. The molecule has 1 aliphatic carbocycles. The summed E-state index contributed by atoms with van der Waals surface area (Å²) < 4.78 is 5.66. The number of halogens is 1. The lowest BCUT2D eigenvalue weighted by Crippen LogP contribution is -2.40. The van der Waals surface area contributed by atoms with Crippen molar-refractivity contribution in [3.8, 4) is 5.75 Å². The van der Waals surface area contributed by atoms with E-state index in [1.165, 1.54) is 19.3 Å². The molecule has 0 atom stereocenters. The van der Waals surface area contributed by atoms with E-state index >= 15 is 0 Å². The number of hydrogen-bond donors (Lipinski definition) is 2. The molecule has 2 rings (SSSR count). The molecule has 0 aromatic heterocycles. The minimum Gasteiger partial charge on any atom is -0.492 e. The Balaban J connectivity index is 0.00000220. The van der Waals surface area contributed by atoms with Gasteiger partial charge in [-0.15, -0.1) is 24.0 Å². The summed E-state index contributed by atoms with van der Waals surface area (Å²) in [6.45, 7) is 4.48. The molecule has 1 aromatic carbocycles. The number of unbranched alkanes of at least 4 members (excludes halogenated alkanes) is 1. The monoisotopic (exact) mass is 403 g/mol. The number of aliphatic imine (C=N–C) groups is 1. The average Bonchev–Trinajstić information content (AvgIpc) is 3.28. The topological polar surface area (TPSA) is 45.7 Å². The quantitative estimate of drug-likeness (QED) is 0.303. The Labute approximate surface area is 144 Å². The Morgan fingerprint density at radius 1 is 1.29 bits per heavy atom. The van der Waals surface area contributed by atoms with Gasteiger partial charge in [0.25, 0.3) is 0 Å². The van der Waals surface area contributed by atoms with Gasteiger partial charge in [-0.2, -0.15) is 0 Å². The van der Waals surface area contributed by atoms with Crippen molar-refractivity contribution in [2.24, 2.45) is 4.99 Å². The van der Waals surface area contributed by atoms with Crippen LogP contribution in [0.25, 0.3) is 0 Å². The van der Waals surface area contributed by atoms with Crippen molar-refractivity contribution in [2.75, 3.05) is 19.7 Å². The molecule has 118 valence electrons. The van der Waals surface area contributed by atoms with Crippen LogP contribution in [0.3, 0.4) is 0 Å². The largest absolute Gasteiger partial charge is 0.492 e. The molecule has 0 aliphatic heterocycles. The maximum Gasteiger partial charge on any atom is 0.191 e. The van der Waals surface area contributed by atoms with Crippen LogP contribution < -0.4 is 15.4 Å². The van der Waals surface area contributed by atoms with Crippen LogP contribution in [0.4, 0.5) is 0 Å². The van der Waals surface area contributed by atoms with Gasteiger partial charge in [-0.1, -0.05) is 31.5 Å². The molecule has 1 aromatic rings. The van der Waals surface area contributed by atoms with Crippen LogP contribution >= 0.6 is 24.0 Å². The Hall–Kier alpha value is -0.980. The molecule has 2 N–H and O–H groups in total. The summed E-state index contributed by atoms with van der Waals surface area (Å²) in [4.78, 5) is 4.58. The van der Waals surface area contributed by atoms with E-state index in [2.05, 4.69) is 22.5 Å². The molecule has 5 heteroatoms. The lowest BCUT2D eigenvalue weighted by atomic mass is 10.3. The third-order valence-corrected chi connectivity index (χ3v) is 3.11. The number of ether oxygens (including phenoxy) is 1. The van der Waals surface area contributed by atoms with Crippen LogP contribution in [-0.4, -0.2) is 31.7 Å². The first-order valence-electron chi connectivity index (χ1n) is 7.61. The van der Waals surface area contributed by atoms with Crippen molar-refractivity contribution in [3.63, 3.8) is 0 Å². The Kier molecular flexibility index (Phi) is 9.21. The van der Waals surface area contributed by atoms with Gasteiger partial charge in [-0.25, -0.2) is 0 Å². The molecule has 1 fully saturated rings. The summed E-state index contributed by atoms with van der Waals surface area (Å²) in [5.41, 5.74) is 0. The molecule has 0 spiro atoms. The van der Waals surface area contributed by atoms with Crippen LogP contribution in [-0.2, 0) is 0 Å². The Morgan fingerprint density at radius 3 is 2.71 bits per heavy atom. The third-order valence-electron chi connectivity index (χ3n) is 3.11. The standard InChI is InChI=1S/C16H25N3O.HI/c1-2-3-11-17-16(19-14-9-10-14)18-12-13-20-15-7-5-4-6-8-15;/h4-8,14H,2-3,9-13H2,1H3,(H2,17,18,19);1H. The van der Waals surface area contributed by atoms with Crippen molar-refractivity contribution in [3.05, 3.63) is 30.3 Å². The average molecular weight is 403 g/mol. The van der Waals surface area contributed by atoms with E-state index in [0.717, 1.165) is 31.2 Å². The summed E-state index contributed by atoms with van der Waals surface area (Å²) in [5, 5.41) is 6.77. The first kappa shape index (κ1) is 18.1. The smallest absolute Gasteiger partial charge is 0.191 e. The summed E-state index contributed by atoms with van der Waals surface area (Å²) in [5.74, 6) is 1.84. The summed E-state index contributed by atoms with van der Waals surface area (Å²) in [6, 6.07) is 10.5. The van der Waals surface area contributed by atoms with E-state index < -0.39 is 0 Å². The van der Waals surface area contributed by atoms with E-state index in [1.54, 1.807) is 0 Å². The van der Waals surface area contributed by atoms with Gasteiger partial charge in [0.2, 0.25) is 0 Å². The molecule has 0 saturated heterocycles. The van der Waals surface area contributed by atoms with Crippen molar-refractivity contribution < 1.29 is 4.74 Å². The van der Waals surface area contributed by atoms with Crippen molar-refractivity contribution in [1.29, 1.82) is 0 Å². The minimum absolute atomic E-state index is 0. The van der Waals surface area contributed by atoms with Gasteiger partial charge < -0.3 is 15.4 Å². The van der Waals surface area contributed by atoms with E-state index in [-0.39, 0.29) is 24.0 Å². The number of nitrogens with zero attached hydrogens (tertiary/aromatic N) is 1. The van der Waals surface area contributed by atoms with E-state index in [4.69, 9.17) is 4.74 Å². The molecule has 1 aliphatic rings. The van der Waals surface area contributed by atoms with Crippen molar-refractivity contribution in [2.45, 2.75) is 38.6 Å². The molecule has 4 nitrogen and oxygen atoms in total. The summed E-state index contributed by atoms with van der Waals surface area (Å²) in [6.07, 6.45) is 4.83. The Bertz CT molecular complexity index is 407. The summed E-state index contributed by atoms with van der Waals surface area (Å²) in [7, 11) is 0. The van der Waals surface area contributed by atoms with Crippen LogP contribution in [0.2, 0.25) is 0 Å². The second kappa shape index (κ2) is 10.7. The molecule has 1 saturated carbocycles. The number of guanidine groups is 1. The van der Waals surface area contributed by atoms with Gasteiger partial charge in [0.1, 0.15) is 12.4 Å². The first-order valence-corrected chi connectivity index (χ1v) is 7.61. The first-order chi connectivity index (χ1) is 9.88. The number of para-hydroxylation sites is 1. The van der Waals surface area contributed by atoms with Gasteiger partial charge in [0, 0.05) is 12.6 Å². The highest BCUT2D eigenvalue weighted by Crippen LogP contribution is 2.18. The zero-order chi connectivity index (χ0) is 14.0. The molecule has 21 heavy (non-hydrogen) atoms. The molecule has 0 unspecified atom stereocenters. The molecule has 0 bridgehead atoms. The van der Waals surface area contributed by atoms with Crippen LogP contribution in [0, 0.1) is 0 Å². The summed E-state index contributed by atoms with van der Waals surface area (Å²) >= 11 is 0. The van der Waals surface area contributed by atoms with E-state index in [0.29, 0.717) is 12.6 Å². The fourth-order valence-electron chi connectivity index (χ4n) is 1.78. The molecule has 0 radical (unpaired) electrons. The van der Waals surface area contributed by atoms with Gasteiger partial charge >= 0.3 is 0 Å². The van der Waals surface area contributed by atoms with E-state index in [9.17, 15) is 0 Å². The second-order valence-corrected chi connectivity index (χ2v) is 5.09. The van der Waals surface area contributed by atoms with Crippen molar-refractivity contribution >= 4 is 29.9 Å². The number of nitrogens with one attached hydrogen (secondary N) is 2. The van der Waals surface area contributed by atoms with Crippen LogP contribution in [0.1, 0.15) is 32.6 Å². The lowest BCUT2D eigenvalue weighted by molar-refractivity contribution is 0.322. The SMILES string of the molecule is CCCCN=C(NCCOc1ccccc1)NC1CC1.I. The highest BCUT2D eigenvalue weighted by Gasteiger charge is 2.22. The second-order valence-electron chi connectivity index (χ2n) is 5.09. The highest BCUT2D eigenvalue weighted by molar-refractivity contribution is 14.0. The number of hydrogen-bond acceptors (Lipinski definition) is 2. The van der Waals surface area contributed by atoms with Crippen LogP contribution in [0.5, 0.6) is 5.75 Å². The predicted octanol–water partition coefficient (Wildman–Crippen LogP) is 3.18. The van der Waals surface area contributed by atoms with Crippen molar-refractivity contribution in [1.82, 2.24) is 10.6 Å². The fraction of sp³-hybridized carbons (Fsp3) is 0.562. The maximum absolute atomic E-state index is 5.66. The zero-order valence-electron chi connectivity index (χ0n) is 12.7. The van der Waals surface area contributed by atoms with Gasteiger partial charge in [0.05, 0.1) is 6.54 Å². The predicted molar refractivity (Wildman–Crippen MR) is 98.7 cm³/mol. The minimum atomic E-state index is 0. The zero-order valence-corrected chi connectivity index (χ0v) is 15.0. The van der Waals surface area contributed by atoms with Gasteiger partial charge in [0.15, 0.2) is 5.96 Å². The van der Waals surface area contributed by atoms with Gasteiger partial charge in [-0.05, 0) is 31.4 Å². The molecular formula is C16H26IN3O. The Morgan fingerprint density at radius 2 is 2.05 bits per heavy atom. The van der Waals surface area contributed by atoms with E-state index in [1.807, 2.05) is 30.3 Å². The molecule has 0 amide bonds. The highest BCUT2D eigenvalue weighted by atomic mass is 127. The van der Waals surface area contributed by atoms with Gasteiger partial charge in [-0.3, -0.25) is 4.99 Å². The third kappa shape index (κ3) is 8.14. The van der Waals surface area contributed by atoms with Crippen LogP contribution in [0.15, 0.2) is 35.3 Å². The molecule has 0 heterocycles. The fourth-order valence-corrected chi connectivity index (χ4v) is 1.78. The maximum atomic E-state index is 5.66. The lowest BCUT2D eigenvalue weighted by Gasteiger charge is -2.12. The molecular weight excluding hydrogens is 377 g/mol. The number of rotatable bonds is 8. The normalized spacial score (nSPS) is 14.2.